The molecule has 3 heteroatoms. The smallest absolute Gasteiger partial charge is 0.251 e. The average molecular weight is 274 g/mol. The summed E-state index contributed by atoms with van der Waals surface area (Å²) in [5, 5.41) is 6.29. The van der Waals surface area contributed by atoms with Crippen molar-refractivity contribution in [3.05, 3.63) is 29.3 Å². The lowest BCUT2D eigenvalue weighted by atomic mass is 9.84. The van der Waals surface area contributed by atoms with Crippen molar-refractivity contribution in [3.63, 3.8) is 0 Å². The lowest BCUT2D eigenvalue weighted by Gasteiger charge is -2.28. The maximum absolute atomic E-state index is 12.4. The van der Waals surface area contributed by atoms with Gasteiger partial charge in [-0.25, -0.2) is 0 Å². The molecule has 0 aliphatic heterocycles. The largest absolute Gasteiger partial charge is 0.388 e. The molecule has 1 saturated carbocycles. The highest BCUT2D eigenvalue weighted by molar-refractivity contribution is 5.96. The molecule has 110 valence electrons. The first-order chi connectivity index (χ1) is 9.63. The van der Waals surface area contributed by atoms with E-state index >= 15 is 0 Å². The molecule has 0 atom stereocenters. The van der Waals surface area contributed by atoms with Gasteiger partial charge in [-0.2, -0.15) is 0 Å². The Hall–Kier alpha value is -1.51. The van der Waals surface area contributed by atoms with Crippen LogP contribution in [0.4, 0.5) is 5.69 Å². The summed E-state index contributed by atoms with van der Waals surface area (Å²) in [6.07, 6.45) is 6.01. The lowest BCUT2D eigenvalue weighted by molar-refractivity contribution is 0.0921. The average Bonchev–Trinajstić information content (AvgIpc) is 2.47. The highest BCUT2D eigenvalue weighted by atomic mass is 16.1. The van der Waals surface area contributed by atoms with Crippen molar-refractivity contribution in [3.8, 4) is 0 Å². The van der Waals surface area contributed by atoms with Crippen LogP contribution < -0.4 is 10.6 Å². The SMILES string of the molecule is CCC1CCC(NC(=O)c2ccc(NC)cc2C)CC1. The Bertz CT molecular complexity index is 462. The molecule has 0 saturated heterocycles. The van der Waals surface area contributed by atoms with Gasteiger partial charge in [0.25, 0.3) is 5.91 Å². The summed E-state index contributed by atoms with van der Waals surface area (Å²) < 4.78 is 0. The summed E-state index contributed by atoms with van der Waals surface area (Å²) in [6, 6.07) is 6.24. The summed E-state index contributed by atoms with van der Waals surface area (Å²) in [4.78, 5) is 12.4. The number of nitrogens with one attached hydrogen (secondary N) is 2. The standard InChI is InChI=1S/C17H26N2O/c1-4-13-5-7-14(8-6-13)19-17(20)16-10-9-15(18-3)11-12(16)2/h9-11,13-14,18H,4-8H2,1-3H3,(H,19,20). The number of aryl methyl sites for hydroxylation is 1. The maximum Gasteiger partial charge on any atom is 0.251 e. The number of carbonyl (C=O) groups is 1. The Kier molecular flexibility index (Phi) is 5.05. The Balaban J connectivity index is 1.95. The van der Waals surface area contributed by atoms with Gasteiger partial charge in [0.1, 0.15) is 0 Å². The Morgan fingerprint density at radius 2 is 1.95 bits per heavy atom. The number of rotatable bonds is 4. The fourth-order valence-corrected chi connectivity index (χ4v) is 3.05. The van der Waals surface area contributed by atoms with Gasteiger partial charge in [0.2, 0.25) is 0 Å². The predicted molar refractivity (Wildman–Crippen MR) is 84.2 cm³/mol. The molecule has 0 bridgehead atoms. The summed E-state index contributed by atoms with van der Waals surface area (Å²) in [5.41, 5.74) is 2.86. The highest BCUT2D eigenvalue weighted by Crippen LogP contribution is 2.26. The molecule has 2 rings (SSSR count). The normalized spacial score (nSPS) is 22.4. The number of anilines is 1. The molecule has 1 aliphatic rings. The van der Waals surface area contributed by atoms with E-state index in [1.54, 1.807) is 0 Å². The van der Waals surface area contributed by atoms with Gasteiger partial charge in [0.05, 0.1) is 0 Å². The van der Waals surface area contributed by atoms with Crippen LogP contribution in [0.5, 0.6) is 0 Å². The number of hydrogen-bond donors (Lipinski definition) is 2. The van der Waals surface area contributed by atoms with Crippen LogP contribution in [0.3, 0.4) is 0 Å². The maximum atomic E-state index is 12.4. The predicted octanol–water partition coefficient (Wildman–Crippen LogP) is 3.74. The molecular formula is C17H26N2O. The summed E-state index contributed by atoms with van der Waals surface area (Å²) in [6.45, 7) is 4.25. The van der Waals surface area contributed by atoms with Gasteiger partial charge in [0, 0.05) is 24.3 Å². The van der Waals surface area contributed by atoms with Crippen molar-refractivity contribution >= 4 is 11.6 Å². The first kappa shape index (κ1) is 14.9. The molecule has 1 fully saturated rings. The molecule has 1 aromatic carbocycles. The minimum Gasteiger partial charge on any atom is -0.388 e. The van der Waals surface area contributed by atoms with Crippen LogP contribution in [-0.2, 0) is 0 Å². The Morgan fingerprint density at radius 3 is 2.50 bits per heavy atom. The first-order valence-electron chi connectivity index (χ1n) is 7.73. The van der Waals surface area contributed by atoms with Gasteiger partial charge in [-0.15, -0.1) is 0 Å². The van der Waals surface area contributed by atoms with Crippen LogP contribution in [0.2, 0.25) is 0 Å². The van der Waals surface area contributed by atoms with Gasteiger partial charge < -0.3 is 10.6 Å². The minimum absolute atomic E-state index is 0.0742. The quantitative estimate of drug-likeness (QED) is 0.878. The second-order valence-corrected chi connectivity index (χ2v) is 5.88. The lowest BCUT2D eigenvalue weighted by Crippen LogP contribution is -2.37. The summed E-state index contributed by atoms with van der Waals surface area (Å²) >= 11 is 0. The third-order valence-corrected chi connectivity index (χ3v) is 4.52. The molecule has 0 spiro atoms. The van der Waals surface area contributed by atoms with Crippen molar-refractivity contribution in [2.45, 2.75) is 52.0 Å². The van der Waals surface area contributed by atoms with Crippen molar-refractivity contribution in [2.75, 3.05) is 12.4 Å². The molecule has 1 aliphatic carbocycles. The van der Waals surface area contributed by atoms with E-state index in [9.17, 15) is 4.79 Å². The molecule has 0 radical (unpaired) electrons. The van der Waals surface area contributed by atoms with Crippen LogP contribution in [-0.4, -0.2) is 19.0 Å². The van der Waals surface area contributed by atoms with E-state index in [1.165, 1.54) is 19.3 Å². The van der Waals surface area contributed by atoms with Gasteiger partial charge in [-0.1, -0.05) is 13.3 Å². The van der Waals surface area contributed by atoms with Crippen LogP contribution in [0.15, 0.2) is 18.2 Å². The van der Waals surface area contributed by atoms with E-state index in [2.05, 4.69) is 17.6 Å². The summed E-state index contributed by atoms with van der Waals surface area (Å²) in [5.74, 6) is 0.935. The molecule has 1 aromatic rings. The number of amides is 1. The first-order valence-corrected chi connectivity index (χ1v) is 7.73. The van der Waals surface area contributed by atoms with E-state index in [1.807, 2.05) is 32.2 Å². The summed E-state index contributed by atoms with van der Waals surface area (Å²) in [7, 11) is 1.89. The molecule has 2 N–H and O–H groups in total. The minimum atomic E-state index is 0.0742. The van der Waals surface area contributed by atoms with E-state index in [0.29, 0.717) is 6.04 Å². The highest BCUT2D eigenvalue weighted by Gasteiger charge is 2.22. The van der Waals surface area contributed by atoms with Crippen LogP contribution in [0.25, 0.3) is 0 Å². The number of carbonyl (C=O) groups excluding carboxylic acids is 1. The van der Waals surface area contributed by atoms with Gasteiger partial charge in [-0.05, 0) is 62.3 Å². The zero-order chi connectivity index (χ0) is 14.5. The zero-order valence-corrected chi connectivity index (χ0v) is 12.8. The molecule has 20 heavy (non-hydrogen) atoms. The Morgan fingerprint density at radius 1 is 1.25 bits per heavy atom. The van der Waals surface area contributed by atoms with Crippen molar-refractivity contribution < 1.29 is 4.79 Å². The number of hydrogen-bond acceptors (Lipinski definition) is 2. The fraction of sp³-hybridized carbons (Fsp3) is 0.588. The topological polar surface area (TPSA) is 41.1 Å². The van der Waals surface area contributed by atoms with Gasteiger partial charge in [-0.3, -0.25) is 4.79 Å². The van der Waals surface area contributed by atoms with Crippen LogP contribution in [0.1, 0.15) is 54.9 Å². The van der Waals surface area contributed by atoms with Gasteiger partial charge in [0.15, 0.2) is 0 Å². The van der Waals surface area contributed by atoms with E-state index < -0.39 is 0 Å². The fourth-order valence-electron chi connectivity index (χ4n) is 3.05. The second-order valence-electron chi connectivity index (χ2n) is 5.88. The van der Waals surface area contributed by atoms with Crippen molar-refractivity contribution in [1.82, 2.24) is 5.32 Å². The second kappa shape index (κ2) is 6.78. The molecule has 1 amide bonds. The number of benzene rings is 1. The van der Waals surface area contributed by atoms with Crippen molar-refractivity contribution in [2.24, 2.45) is 5.92 Å². The Labute approximate surface area is 122 Å². The molecule has 0 aromatic heterocycles. The third kappa shape index (κ3) is 3.53. The van der Waals surface area contributed by atoms with Crippen molar-refractivity contribution in [1.29, 1.82) is 0 Å². The van der Waals surface area contributed by atoms with Crippen LogP contribution in [0, 0.1) is 12.8 Å². The zero-order valence-electron chi connectivity index (χ0n) is 12.8. The molecule has 3 nitrogen and oxygen atoms in total. The van der Waals surface area contributed by atoms with E-state index in [4.69, 9.17) is 0 Å². The third-order valence-electron chi connectivity index (χ3n) is 4.52. The molecule has 0 heterocycles. The van der Waals surface area contributed by atoms with E-state index in [0.717, 1.165) is 35.6 Å². The van der Waals surface area contributed by atoms with Crippen LogP contribution >= 0.6 is 0 Å². The monoisotopic (exact) mass is 274 g/mol. The van der Waals surface area contributed by atoms with E-state index in [-0.39, 0.29) is 5.91 Å². The molecule has 0 unspecified atom stereocenters. The molecular weight excluding hydrogens is 248 g/mol. The van der Waals surface area contributed by atoms with Gasteiger partial charge >= 0.3 is 0 Å².